The number of hydrogen-bond donors (Lipinski definition) is 1. The lowest BCUT2D eigenvalue weighted by atomic mass is 9.93. The van der Waals surface area contributed by atoms with Gasteiger partial charge in [0.25, 0.3) is 0 Å². The fourth-order valence-electron chi connectivity index (χ4n) is 2.93. The Bertz CT molecular complexity index is 818. The second kappa shape index (κ2) is 9.62. The molecule has 3 nitrogen and oxygen atoms in total. The van der Waals surface area contributed by atoms with Gasteiger partial charge in [-0.15, -0.1) is 0 Å². The molecule has 4 heteroatoms. The smallest absolute Gasteiger partial charge is 0.135 e. The summed E-state index contributed by atoms with van der Waals surface area (Å²) in [6.07, 6.45) is 0. The standard InChI is InChI=1S/C24H35N3S/c1-17(2)21-15-12-16-22(18(3)4)23(21)25-19(5)26-28(27-24(6,7)8)20-13-10-9-11-14-20/h9-18H,1-8H3,(H,25,26,27)/t28-/m1/s1. The topological polar surface area (TPSA) is 36.8 Å². The molecule has 0 fully saturated rings. The average Bonchev–Trinajstić information content (AvgIpc) is 2.60. The zero-order valence-corrected chi connectivity index (χ0v) is 19.4. The third-order valence-corrected chi connectivity index (χ3v) is 6.18. The lowest BCUT2D eigenvalue weighted by Gasteiger charge is -2.23. The Kier molecular flexibility index (Phi) is 7.73. The molecule has 1 N–H and O–H groups in total. The molecule has 0 aromatic heterocycles. The van der Waals surface area contributed by atoms with Crippen molar-refractivity contribution in [2.45, 2.75) is 77.7 Å². The Hall–Kier alpha value is -1.78. The van der Waals surface area contributed by atoms with Crippen LogP contribution in [-0.4, -0.2) is 11.4 Å². The van der Waals surface area contributed by atoms with Crippen molar-refractivity contribution >= 4 is 22.4 Å². The highest BCUT2D eigenvalue weighted by atomic mass is 32.2. The maximum absolute atomic E-state index is 5.01. The minimum Gasteiger partial charge on any atom is -0.246 e. The molecular weight excluding hydrogens is 362 g/mol. The van der Waals surface area contributed by atoms with Gasteiger partial charge < -0.3 is 0 Å². The van der Waals surface area contributed by atoms with Gasteiger partial charge in [0.1, 0.15) is 5.84 Å². The van der Waals surface area contributed by atoms with Gasteiger partial charge in [0.2, 0.25) is 0 Å². The van der Waals surface area contributed by atoms with Crippen LogP contribution in [0.5, 0.6) is 0 Å². The molecule has 0 saturated heterocycles. The van der Waals surface area contributed by atoms with E-state index in [-0.39, 0.29) is 5.54 Å². The third-order valence-electron chi connectivity index (χ3n) is 4.21. The van der Waals surface area contributed by atoms with Gasteiger partial charge in [-0.05, 0) is 62.8 Å². The summed E-state index contributed by atoms with van der Waals surface area (Å²) in [5.41, 5.74) is 3.61. The van der Waals surface area contributed by atoms with E-state index in [0.29, 0.717) is 11.8 Å². The highest BCUT2D eigenvalue weighted by Crippen LogP contribution is 2.35. The molecule has 2 rings (SSSR count). The molecule has 0 aliphatic carbocycles. The van der Waals surface area contributed by atoms with Crippen molar-refractivity contribution in [2.24, 2.45) is 9.36 Å². The SMILES string of the molecule is CC(=Nc1c(C(C)C)cccc1C(C)C)N=[S@](NC(C)(C)C)c1ccccc1. The summed E-state index contributed by atoms with van der Waals surface area (Å²) in [6, 6.07) is 16.9. The van der Waals surface area contributed by atoms with Gasteiger partial charge in [0.05, 0.1) is 5.69 Å². The first-order chi connectivity index (χ1) is 13.1. The van der Waals surface area contributed by atoms with E-state index in [1.807, 2.05) is 13.0 Å². The number of para-hydroxylation sites is 1. The third kappa shape index (κ3) is 6.39. The maximum Gasteiger partial charge on any atom is 0.135 e. The van der Waals surface area contributed by atoms with Gasteiger partial charge in [0.15, 0.2) is 0 Å². The van der Waals surface area contributed by atoms with Gasteiger partial charge in [-0.1, -0.05) is 64.1 Å². The first-order valence-electron chi connectivity index (χ1n) is 10.1. The Labute approximate surface area is 173 Å². The van der Waals surface area contributed by atoms with Crippen molar-refractivity contribution in [1.29, 1.82) is 0 Å². The molecule has 0 unspecified atom stereocenters. The molecule has 2 aromatic rings. The average molecular weight is 398 g/mol. The second-order valence-electron chi connectivity index (χ2n) is 8.79. The summed E-state index contributed by atoms with van der Waals surface area (Å²) in [6.45, 7) is 17.4. The highest BCUT2D eigenvalue weighted by Gasteiger charge is 2.15. The Morgan fingerprint density at radius 2 is 1.39 bits per heavy atom. The van der Waals surface area contributed by atoms with Crippen molar-refractivity contribution in [3.8, 4) is 0 Å². The summed E-state index contributed by atoms with van der Waals surface area (Å²) >= 11 is 0. The number of amidine groups is 1. The van der Waals surface area contributed by atoms with Crippen LogP contribution in [0.3, 0.4) is 0 Å². The quantitative estimate of drug-likeness (QED) is 0.422. The van der Waals surface area contributed by atoms with Gasteiger partial charge >= 0.3 is 0 Å². The maximum atomic E-state index is 5.01. The van der Waals surface area contributed by atoms with Gasteiger partial charge in [-0.2, -0.15) is 4.36 Å². The summed E-state index contributed by atoms with van der Waals surface area (Å²) in [5.74, 6) is 1.65. The zero-order valence-electron chi connectivity index (χ0n) is 18.6. The van der Waals surface area contributed by atoms with Crippen LogP contribution < -0.4 is 4.72 Å². The van der Waals surface area contributed by atoms with E-state index >= 15 is 0 Å². The number of nitrogens with zero attached hydrogens (tertiary/aromatic N) is 2. The number of aliphatic imine (C=N–C) groups is 1. The molecule has 28 heavy (non-hydrogen) atoms. The van der Waals surface area contributed by atoms with Crippen LogP contribution in [0.4, 0.5) is 5.69 Å². The first-order valence-corrected chi connectivity index (χ1v) is 11.2. The van der Waals surface area contributed by atoms with Crippen molar-refractivity contribution in [3.63, 3.8) is 0 Å². The molecule has 1 atom stereocenters. The van der Waals surface area contributed by atoms with E-state index in [1.165, 1.54) is 16.0 Å². The molecular formula is C24H35N3S. The first kappa shape index (κ1) is 22.5. The van der Waals surface area contributed by atoms with Crippen molar-refractivity contribution in [2.75, 3.05) is 0 Å². The summed E-state index contributed by atoms with van der Waals surface area (Å²) < 4.78 is 8.64. The summed E-state index contributed by atoms with van der Waals surface area (Å²) in [7, 11) is -0.451. The largest absolute Gasteiger partial charge is 0.246 e. The van der Waals surface area contributed by atoms with Crippen LogP contribution in [-0.2, 0) is 10.9 Å². The minimum absolute atomic E-state index is 0.0400. The van der Waals surface area contributed by atoms with Crippen molar-refractivity contribution in [3.05, 3.63) is 59.7 Å². The van der Waals surface area contributed by atoms with Crippen LogP contribution >= 0.6 is 0 Å². The van der Waals surface area contributed by atoms with Crippen molar-refractivity contribution in [1.82, 2.24) is 4.72 Å². The predicted octanol–water partition coefficient (Wildman–Crippen LogP) is 7.15. The Morgan fingerprint density at radius 3 is 1.86 bits per heavy atom. The molecule has 152 valence electrons. The summed E-state index contributed by atoms with van der Waals surface area (Å²) in [5, 5.41) is 0. The fraction of sp³-hybridized carbons (Fsp3) is 0.458. The fourth-order valence-corrected chi connectivity index (χ4v) is 4.50. The van der Waals surface area contributed by atoms with Gasteiger partial charge in [-0.25, -0.2) is 9.71 Å². The van der Waals surface area contributed by atoms with E-state index in [2.05, 4.69) is 95.7 Å². The monoisotopic (exact) mass is 397 g/mol. The van der Waals surface area contributed by atoms with Crippen molar-refractivity contribution < 1.29 is 0 Å². The van der Waals surface area contributed by atoms with Gasteiger partial charge in [-0.3, -0.25) is 0 Å². The molecule has 0 heterocycles. The normalized spacial score (nSPS) is 14.1. The molecule has 0 amide bonds. The Morgan fingerprint density at radius 1 is 0.857 bits per heavy atom. The summed E-state index contributed by atoms with van der Waals surface area (Å²) in [4.78, 5) is 6.19. The molecule has 0 aliphatic heterocycles. The second-order valence-corrected chi connectivity index (χ2v) is 10.2. The van der Waals surface area contributed by atoms with E-state index < -0.39 is 10.9 Å². The molecule has 0 aliphatic rings. The van der Waals surface area contributed by atoms with Crippen LogP contribution in [0, 0.1) is 0 Å². The van der Waals surface area contributed by atoms with Crippen LogP contribution in [0.15, 0.2) is 62.8 Å². The number of hydrogen-bond acceptors (Lipinski definition) is 1. The molecule has 2 aromatic carbocycles. The minimum atomic E-state index is -0.451. The van der Waals surface area contributed by atoms with E-state index in [1.54, 1.807) is 0 Å². The highest BCUT2D eigenvalue weighted by molar-refractivity contribution is 7.85. The van der Waals surface area contributed by atoms with Gasteiger partial charge in [0, 0.05) is 21.3 Å². The lowest BCUT2D eigenvalue weighted by molar-refractivity contribution is 0.532. The molecule has 0 bridgehead atoms. The van der Waals surface area contributed by atoms with Crippen LogP contribution in [0.25, 0.3) is 0 Å². The predicted molar refractivity (Wildman–Crippen MR) is 125 cm³/mol. The van der Waals surface area contributed by atoms with E-state index in [0.717, 1.165) is 11.5 Å². The number of benzene rings is 2. The van der Waals surface area contributed by atoms with Crippen LogP contribution in [0.1, 0.15) is 78.4 Å². The van der Waals surface area contributed by atoms with E-state index in [4.69, 9.17) is 9.36 Å². The Balaban J connectivity index is 2.56. The number of nitrogens with one attached hydrogen (secondary N) is 1. The van der Waals surface area contributed by atoms with Crippen LogP contribution in [0.2, 0.25) is 0 Å². The molecule has 0 radical (unpaired) electrons. The number of rotatable bonds is 5. The molecule has 0 spiro atoms. The molecule has 0 saturated carbocycles. The van der Waals surface area contributed by atoms with E-state index in [9.17, 15) is 0 Å². The zero-order chi connectivity index (χ0) is 20.9. The lowest BCUT2D eigenvalue weighted by Crippen LogP contribution is -2.37.